The first kappa shape index (κ1) is 20.2. The summed E-state index contributed by atoms with van der Waals surface area (Å²) in [6.45, 7) is 8.40. The average molecular weight is 419 g/mol. The number of carbonyl (C=O) groups excluding carboxylic acids is 1. The minimum Gasteiger partial charge on any atom is -0.436 e. The van der Waals surface area contributed by atoms with Crippen molar-refractivity contribution in [3.63, 3.8) is 0 Å². The number of nitrogens with zero attached hydrogens (tertiary/aromatic N) is 1. The van der Waals surface area contributed by atoms with Gasteiger partial charge in [-0.1, -0.05) is 50.6 Å². The zero-order chi connectivity index (χ0) is 21.5. The molecule has 1 amide bonds. The van der Waals surface area contributed by atoms with Crippen molar-refractivity contribution in [3.05, 3.63) is 82.4 Å². The first-order valence-corrected chi connectivity index (χ1v) is 10.2. The predicted molar refractivity (Wildman–Crippen MR) is 122 cm³/mol. The highest BCUT2D eigenvalue weighted by Crippen LogP contribution is 2.29. The second-order valence-electron chi connectivity index (χ2n) is 8.44. The number of benzene rings is 3. The van der Waals surface area contributed by atoms with Crippen LogP contribution in [0.25, 0.3) is 22.6 Å². The molecular weight excluding hydrogens is 396 g/mol. The number of nitrogens with one attached hydrogen (secondary N) is 1. The maximum atomic E-state index is 12.8. The van der Waals surface area contributed by atoms with Crippen LogP contribution in [0.5, 0.6) is 0 Å². The van der Waals surface area contributed by atoms with Crippen molar-refractivity contribution in [2.45, 2.75) is 33.1 Å². The molecule has 0 atom stereocenters. The Morgan fingerprint density at radius 3 is 2.43 bits per heavy atom. The molecule has 5 heteroatoms. The summed E-state index contributed by atoms with van der Waals surface area (Å²) in [6.07, 6.45) is 0. The quantitative estimate of drug-likeness (QED) is 0.389. The van der Waals surface area contributed by atoms with Crippen LogP contribution in [0.2, 0.25) is 5.02 Å². The maximum absolute atomic E-state index is 12.8. The standard InChI is InChI=1S/C25H23ClN2O2/c1-15-5-6-17(24-28-21-14-19(26)11-12-22(21)30-24)13-20(15)27-23(29)16-7-9-18(10-8-16)25(2,3)4/h5-14H,1-4H3,(H,27,29). The fraction of sp³-hybridized carbons (Fsp3) is 0.200. The Hall–Kier alpha value is -3.11. The molecule has 0 aliphatic carbocycles. The summed E-state index contributed by atoms with van der Waals surface area (Å²) in [6, 6.07) is 18.8. The molecule has 1 heterocycles. The zero-order valence-electron chi connectivity index (χ0n) is 17.4. The number of oxazole rings is 1. The molecule has 0 fully saturated rings. The molecule has 4 aromatic rings. The van der Waals surface area contributed by atoms with Crippen LogP contribution in [-0.2, 0) is 5.41 Å². The molecule has 0 aliphatic rings. The van der Waals surface area contributed by atoms with Crippen molar-refractivity contribution in [1.82, 2.24) is 4.98 Å². The van der Waals surface area contributed by atoms with Gasteiger partial charge in [-0.25, -0.2) is 4.98 Å². The topological polar surface area (TPSA) is 55.1 Å². The van der Waals surface area contributed by atoms with Crippen molar-refractivity contribution in [1.29, 1.82) is 0 Å². The van der Waals surface area contributed by atoms with E-state index in [1.807, 2.05) is 49.4 Å². The van der Waals surface area contributed by atoms with Gasteiger partial charge in [-0.05, 0) is 65.9 Å². The monoisotopic (exact) mass is 418 g/mol. The Bertz CT molecular complexity index is 1230. The van der Waals surface area contributed by atoms with E-state index >= 15 is 0 Å². The molecule has 1 aromatic heterocycles. The molecular formula is C25H23ClN2O2. The third-order valence-electron chi connectivity index (χ3n) is 5.10. The van der Waals surface area contributed by atoms with E-state index in [1.54, 1.807) is 18.2 Å². The molecule has 0 saturated heterocycles. The zero-order valence-corrected chi connectivity index (χ0v) is 18.2. The van der Waals surface area contributed by atoms with Crippen LogP contribution >= 0.6 is 11.6 Å². The third-order valence-corrected chi connectivity index (χ3v) is 5.33. The summed E-state index contributed by atoms with van der Waals surface area (Å²) < 4.78 is 5.86. The van der Waals surface area contributed by atoms with Crippen LogP contribution in [0.15, 0.2) is 65.1 Å². The molecule has 0 saturated carbocycles. The largest absolute Gasteiger partial charge is 0.436 e. The number of aromatic nitrogens is 1. The molecule has 3 aromatic carbocycles. The van der Waals surface area contributed by atoms with E-state index in [0.717, 1.165) is 16.8 Å². The van der Waals surface area contributed by atoms with Crippen molar-refractivity contribution in [2.75, 3.05) is 5.32 Å². The minimum absolute atomic E-state index is 0.0454. The van der Waals surface area contributed by atoms with E-state index in [-0.39, 0.29) is 11.3 Å². The second kappa shape index (κ2) is 7.62. The molecule has 0 unspecified atom stereocenters. The van der Waals surface area contributed by atoms with Crippen LogP contribution < -0.4 is 5.32 Å². The van der Waals surface area contributed by atoms with Crippen molar-refractivity contribution >= 4 is 34.3 Å². The predicted octanol–water partition coefficient (Wildman–Crippen LogP) is 7.01. The van der Waals surface area contributed by atoms with E-state index in [0.29, 0.717) is 27.6 Å². The summed E-state index contributed by atoms with van der Waals surface area (Å²) in [4.78, 5) is 17.3. The first-order chi connectivity index (χ1) is 14.2. The normalized spacial score (nSPS) is 11.6. The van der Waals surface area contributed by atoms with Crippen LogP contribution in [0.1, 0.15) is 42.3 Å². The number of fused-ring (bicyclic) bond motifs is 1. The maximum Gasteiger partial charge on any atom is 0.255 e. The summed E-state index contributed by atoms with van der Waals surface area (Å²) >= 11 is 6.04. The van der Waals surface area contributed by atoms with E-state index in [9.17, 15) is 4.79 Å². The molecule has 4 nitrogen and oxygen atoms in total. The number of anilines is 1. The third kappa shape index (κ3) is 4.10. The van der Waals surface area contributed by atoms with Crippen molar-refractivity contribution in [2.24, 2.45) is 0 Å². The van der Waals surface area contributed by atoms with Crippen LogP contribution in [0.4, 0.5) is 5.69 Å². The minimum atomic E-state index is -0.153. The van der Waals surface area contributed by atoms with Crippen molar-refractivity contribution in [3.8, 4) is 11.5 Å². The lowest BCUT2D eigenvalue weighted by Gasteiger charge is -2.19. The second-order valence-corrected chi connectivity index (χ2v) is 8.88. The first-order valence-electron chi connectivity index (χ1n) is 9.80. The number of hydrogen-bond donors (Lipinski definition) is 1. The van der Waals surface area contributed by atoms with Gasteiger partial charge >= 0.3 is 0 Å². The van der Waals surface area contributed by atoms with Crippen LogP contribution in [-0.4, -0.2) is 10.9 Å². The van der Waals surface area contributed by atoms with Crippen molar-refractivity contribution < 1.29 is 9.21 Å². The molecule has 1 N–H and O–H groups in total. The number of carbonyl (C=O) groups is 1. The Balaban J connectivity index is 1.60. The lowest BCUT2D eigenvalue weighted by Crippen LogP contribution is -2.15. The fourth-order valence-electron chi connectivity index (χ4n) is 3.23. The van der Waals surface area contributed by atoms with E-state index in [4.69, 9.17) is 16.0 Å². The molecule has 4 rings (SSSR count). The van der Waals surface area contributed by atoms with Gasteiger partial charge in [0.15, 0.2) is 5.58 Å². The molecule has 152 valence electrons. The van der Waals surface area contributed by atoms with E-state index < -0.39 is 0 Å². The van der Waals surface area contributed by atoms with Crippen LogP contribution in [0, 0.1) is 6.92 Å². The SMILES string of the molecule is Cc1ccc(-c2nc3cc(Cl)ccc3o2)cc1NC(=O)c1ccc(C(C)(C)C)cc1. The number of halogens is 1. The molecule has 0 radical (unpaired) electrons. The molecule has 0 bridgehead atoms. The number of rotatable bonds is 3. The summed E-state index contributed by atoms with van der Waals surface area (Å²) in [5, 5.41) is 3.62. The van der Waals surface area contributed by atoms with Gasteiger partial charge in [0.25, 0.3) is 5.91 Å². The summed E-state index contributed by atoms with van der Waals surface area (Å²) in [7, 11) is 0. The van der Waals surface area contributed by atoms with Gasteiger partial charge in [-0.15, -0.1) is 0 Å². The highest BCUT2D eigenvalue weighted by Gasteiger charge is 2.16. The lowest BCUT2D eigenvalue weighted by atomic mass is 9.86. The van der Waals surface area contributed by atoms with Gasteiger partial charge in [-0.2, -0.15) is 0 Å². The summed E-state index contributed by atoms with van der Waals surface area (Å²) in [5.74, 6) is 0.331. The fourth-order valence-corrected chi connectivity index (χ4v) is 3.40. The van der Waals surface area contributed by atoms with E-state index in [1.165, 1.54) is 5.56 Å². The van der Waals surface area contributed by atoms with Crippen LogP contribution in [0.3, 0.4) is 0 Å². The highest BCUT2D eigenvalue weighted by atomic mass is 35.5. The Morgan fingerprint density at radius 2 is 1.73 bits per heavy atom. The molecule has 0 aliphatic heterocycles. The Morgan fingerprint density at radius 1 is 1.00 bits per heavy atom. The number of hydrogen-bond acceptors (Lipinski definition) is 3. The molecule has 0 spiro atoms. The smallest absolute Gasteiger partial charge is 0.255 e. The number of amides is 1. The van der Waals surface area contributed by atoms with Gasteiger partial charge in [0, 0.05) is 21.8 Å². The number of aryl methyl sites for hydroxylation is 1. The molecule has 30 heavy (non-hydrogen) atoms. The Kier molecular flexibility index (Phi) is 5.12. The van der Waals surface area contributed by atoms with Gasteiger partial charge in [0.2, 0.25) is 5.89 Å². The van der Waals surface area contributed by atoms with E-state index in [2.05, 4.69) is 31.1 Å². The Labute approximate surface area is 180 Å². The van der Waals surface area contributed by atoms with Gasteiger partial charge < -0.3 is 9.73 Å². The average Bonchev–Trinajstić information content (AvgIpc) is 3.12. The van der Waals surface area contributed by atoms with Gasteiger partial charge in [0.1, 0.15) is 5.52 Å². The van der Waals surface area contributed by atoms with Gasteiger partial charge in [0.05, 0.1) is 0 Å². The lowest BCUT2D eigenvalue weighted by molar-refractivity contribution is 0.102. The highest BCUT2D eigenvalue weighted by molar-refractivity contribution is 6.31. The summed E-state index contributed by atoms with van der Waals surface area (Å²) in [5.41, 5.74) is 5.67. The van der Waals surface area contributed by atoms with Gasteiger partial charge in [-0.3, -0.25) is 4.79 Å².